The smallest absolute Gasteiger partial charge is 0.282 e. The van der Waals surface area contributed by atoms with Crippen LogP contribution < -0.4 is 0 Å². The van der Waals surface area contributed by atoms with E-state index in [1.165, 1.54) is 12.1 Å². The Labute approximate surface area is 130 Å². The first-order chi connectivity index (χ1) is 10.6. The standard InChI is InChI=1S/C16H22N2O4/c1-2-12-22-13-6-5-10-17(11-9-13)16(19)14-7-3-4-8-15(14)18(20)21/h3-4,7-8,13H,2,5-6,9-12H2,1H3/t13-/m0/s1. The van der Waals surface area contributed by atoms with Crippen LogP contribution in [0.25, 0.3) is 0 Å². The molecule has 1 aromatic rings. The molecule has 0 bridgehead atoms. The third kappa shape index (κ3) is 4.04. The summed E-state index contributed by atoms with van der Waals surface area (Å²) in [5.41, 5.74) is 0.0379. The number of hydrogen-bond donors (Lipinski definition) is 0. The normalized spacial score (nSPS) is 18.8. The predicted molar refractivity (Wildman–Crippen MR) is 82.9 cm³/mol. The quantitative estimate of drug-likeness (QED) is 0.619. The molecule has 1 fully saturated rings. The van der Waals surface area contributed by atoms with Crippen LogP contribution in [-0.4, -0.2) is 41.5 Å². The fraction of sp³-hybridized carbons (Fsp3) is 0.562. The number of hydrogen-bond acceptors (Lipinski definition) is 4. The number of nitro benzene ring substituents is 1. The van der Waals surface area contributed by atoms with Crippen molar-refractivity contribution in [2.75, 3.05) is 19.7 Å². The topological polar surface area (TPSA) is 72.7 Å². The minimum atomic E-state index is -0.502. The molecule has 6 heteroatoms. The Morgan fingerprint density at radius 2 is 2.14 bits per heavy atom. The molecule has 0 radical (unpaired) electrons. The van der Waals surface area contributed by atoms with Gasteiger partial charge in [0.25, 0.3) is 11.6 Å². The molecule has 1 aromatic carbocycles. The molecule has 0 spiro atoms. The summed E-state index contributed by atoms with van der Waals surface area (Å²) in [5, 5.41) is 11.1. The van der Waals surface area contributed by atoms with Crippen LogP contribution in [0.2, 0.25) is 0 Å². The van der Waals surface area contributed by atoms with Crippen LogP contribution >= 0.6 is 0 Å². The number of likely N-dealkylation sites (tertiary alicyclic amines) is 1. The molecule has 6 nitrogen and oxygen atoms in total. The lowest BCUT2D eigenvalue weighted by Crippen LogP contribution is -2.32. The van der Waals surface area contributed by atoms with E-state index in [1.54, 1.807) is 17.0 Å². The molecule has 0 N–H and O–H groups in total. The molecular weight excluding hydrogens is 284 g/mol. The summed E-state index contributed by atoms with van der Waals surface area (Å²) < 4.78 is 5.76. The fourth-order valence-corrected chi connectivity index (χ4v) is 2.70. The van der Waals surface area contributed by atoms with Gasteiger partial charge >= 0.3 is 0 Å². The van der Waals surface area contributed by atoms with Crippen LogP contribution in [0.4, 0.5) is 5.69 Å². The zero-order valence-electron chi connectivity index (χ0n) is 12.9. The minimum absolute atomic E-state index is 0.129. The lowest BCUT2D eigenvalue weighted by molar-refractivity contribution is -0.385. The molecule has 1 amide bonds. The van der Waals surface area contributed by atoms with Crippen molar-refractivity contribution in [1.29, 1.82) is 0 Å². The fourth-order valence-electron chi connectivity index (χ4n) is 2.70. The van der Waals surface area contributed by atoms with Crippen LogP contribution in [0.15, 0.2) is 24.3 Å². The average molecular weight is 306 g/mol. The van der Waals surface area contributed by atoms with Crippen LogP contribution in [-0.2, 0) is 4.74 Å². The van der Waals surface area contributed by atoms with Gasteiger partial charge < -0.3 is 9.64 Å². The maximum Gasteiger partial charge on any atom is 0.282 e. The number of amides is 1. The van der Waals surface area contributed by atoms with Gasteiger partial charge in [0, 0.05) is 25.8 Å². The zero-order valence-corrected chi connectivity index (χ0v) is 12.9. The number of ether oxygens (including phenoxy) is 1. The van der Waals surface area contributed by atoms with Gasteiger partial charge in [-0.05, 0) is 31.7 Å². The second-order valence-electron chi connectivity index (χ2n) is 5.49. The number of nitrogens with zero attached hydrogens (tertiary/aromatic N) is 2. The predicted octanol–water partition coefficient (Wildman–Crippen LogP) is 3.02. The third-order valence-electron chi connectivity index (χ3n) is 3.85. The van der Waals surface area contributed by atoms with E-state index in [1.807, 2.05) is 0 Å². The van der Waals surface area contributed by atoms with Crippen LogP contribution in [0, 0.1) is 10.1 Å². The summed E-state index contributed by atoms with van der Waals surface area (Å²) in [6.07, 6.45) is 3.74. The Morgan fingerprint density at radius 1 is 1.36 bits per heavy atom. The molecule has 120 valence electrons. The second kappa shape index (κ2) is 7.89. The lowest BCUT2D eigenvalue weighted by atomic mass is 10.1. The van der Waals surface area contributed by atoms with Crippen LogP contribution in [0.1, 0.15) is 43.0 Å². The summed E-state index contributed by atoms with van der Waals surface area (Å²) in [5.74, 6) is -0.261. The van der Waals surface area contributed by atoms with Crippen molar-refractivity contribution in [1.82, 2.24) is 4.90 Å². The van der Waals surface area contributed by atoms with Crippen molar-refractivity contribution in [2.45, 2.75) is 38.7 Å². The summed E-state index contributed by atoms with van der Waals surface area (Å²) in [7, 11) is 0. The molecule has 0 saturated carbocycles. The highest BCUT2D eigenvalue weighted by molar-refractivity contribution is 5.98. The number of para-hydroxylation sites is 1. The van der Waals surface area contributed by atoms with Gasteiger partial charge in [0.05, 0.1) is 11.0 Å². The Morgan fingerprint density at radius 3 is 2.86 bits per heavy atom. The van der Waals surface area contributed by atoms with Crippen molar-refractivity contribution in [2.24, 2.45) is 0 Å². The summed E-state index contributed by atoms with van der Waals surface area (Å²) in [6, 6.07) is 6.13. The Kier molecular flexibility index (Phi) is 5.89. The minimum Gasteiger partial charge on any atom is -0.378 e. The van der Waals surface area contributed by atoms with Crippen molar-refractivity contribution in [3.05, 3.63) is 39.9 Å². The van der Waals surface area contributed by atoms with E-state index in [2.05, 4.69) is 6.92 Å². The highest BCUT2D eigenvalue weighted by atomic mass is 16.6. The van der Waals surface area contributed by atoms with E-state index in [-0.39, 0.29) is 23.3 Å². The molecule has 1 heterocycles. The summed E-state index contributed by atoms with van der Waals surface area (Å²) >= 11 is 0. The number of nitro groups is 1. The number of carbonyl (C=O) groups is 1. The molecule has 0 aromatic heterocycles. The lowest BCUT2D eigenvalue weighted by Gasteiger charge is -2.20. The van der Waals surface area contributed by atoms with Crippen molar-refractivity contribution in [3.63, 3.8) is 0 Å². The van der Waals surface area contributed by atoms with E-state index in [9.17, 15) is 14.9 Å². The van der Waals surface area contributed by atoms with Gasteiger partial charge in [0.1, 0.15) is 5.56 Å². The van der Waals surface area contributed by atoms with Gasteiger partial charge in [0.15, 0.2) is 0 Å². The van der Waals surface area contributed by atoms with Gasteiger partial charge in [-0.25, -0.2) is 0 Å². The first-order valence-electron chi connectivity index (χ1n) is 7.77. The van der Waals surface area contributed by atoms with E-state index in [4.69, 9.17) is 4.74 Å². The van der Waals surface area contributed by atoms with E-state index in [0.29, 0.717) is 13.1 Å². The second-order valence-corrected chi connectivity index (χ2v) is 5.49. The molecule has 1 atom stereocenters. The zero-order chi connectivity index (χ0) is 15.9. The highest BCUT2D eigenvalue weighted by Crippen LogP contribution is 2.22. The molecule has 2 rings (SSSR count). The molecule has 1 aliphatic rings. The molecule has 1 saturated heterocycles. The van der Waals surface area contributed by atoms with E-state index < -0.39 is 4.92 Å². The van der Waals surface area contributed by atoms with E-state index >= 15 is 0 Å². The first-order valence-corrected chi connectivity index (χ1v) is 7.77. The van der Waals surface area contributed by atoms with Crippen LogP contribution in [0.3, 0.4) is 0 Å². The van der Waals surface area contributed by atoms with Gasteiger partial charge in [-0.15, -0.1) is 0 Å². The van der Waals surface area contributed by atoms with Crippen molar-refractivity contribution >= 4 is 11.6 Å². The Bertz CT molecular complexity index is 533. The summed E-state index contributed by atoms with van der Waals surface area (Å²) in [4.78, 5) is 24.8. The van der Waals surface area contributed by atoms with E-state index in [0.717, 1.165) is 32.3 Å². The van der Waals surface area contributed by atoms with Crippen molar-refractivity contribution in [3.8, 4) is 0 Å². The molecule has 1 aliphatic heterocycles. The SMILES string of the molecule is CCCO[C@H]1CCCN(C(=O)c2ccccc2[N+](=O)[O-])CC1. The summed E-state index contributed by atoms with van der Waals surface area (Å²) in [6.45, 7) is 4.01. The molecule has 0 unspecified atom stereocenters. The Hall–Kier alpha value is -1.95. The maximum absolute atomic E-state index is 12.6. The average Bonchev–Trinajstić information content (AvgIpc) is 2.77. The molecule has 22 heavy (non-hydrogen) atoms. The number of benzene rings is 1. The van der Waals surface area contributed by atoms with Gasteiger partial charge in [-0.3, -0.25) is 14.9 Å². The first kappa shape index (κ1) is 16.4. The Balaban J connectivity index is 2.06. The molecule has 0 aliphatic carbocycles. The van der Waals surface area contributed by atoms with Gasteiger partial charge in [0.2, 0.25) is 0 Å². The largest absolute Gasteiger partial charge is 0.378 e. The monoisotopic (exact) mass is 306 g/mol. The number of carbonyl (C=O) groups excluding carboxylic acids is 1. The highest BCUT2D eigenvalue weighted by Gasteiger charge is 2.26. The van der Waals surface area contributed by atoms with Gasteiger partial charge in [-0.2, -0.15) is 0 Å². The third-order valence-corrected chi connectivity index (χ3v) is 3.85. The maximum atomic E-state index is 12.6. The van der Waals surface area contributed by atoms with Crippen molar-refractivity contribution < 1.29 is 14.5 Å². The molecular formula is C16H22N2O4. The van der Waals surface area contributed by atoms with Gasteiger partial charge in [-0.1, -0.05) is 19.1 Å². The van der Waals surface area contributed by atoms with Crippen LogP contribution in [0.5, 0.6) is 0 Å². The number of rotatable bonds is 5.